The van der Waals surface area contributed by atoms with E-state index in [-0.39, 0.29) is 5.69 Å². The molecule has 32 heavy (non-hydrogen) atoms. The molecule has 0 spiro atoms. The van der Waals surface area contributed by atoms with E-state index in [1.807, 2.05) is 19.9 Å². The zero-order chi connectivity index (χ0) is 24.1. The number of nitrogen functional groups attached to an aromatic ring is 1. The van der Waals surface area contributed by atoms with Crippen LogP contribution in [-0.4, -0.2) is 10.9 Å². The van der Waals surface area contributed by atoms with Gasteiger partial charge in [-0.2, -0.15) is 0 Å². The van der Waals surface area contributed by atoms with Crippen LogP contribution in [0.5, 0.6) is 0 Å². The molecule has 6 heteroatoms. The molecule has 0 aliphatic rings. The van der Waals surface area contributed by atoms with E-state index in [1.54, 1.807) is 12.1 Å². The van der Waals surface area contributed by atoms with Crippen molar-refractivity contribution in [2.24, 2.45) is 0 Å². The summed E-state index contributed by atoms with van der Waals surface area (Å²) in [7, 11) is 0. The highest BCUT2D eigenvalue weighted by atomic mass is 32.1. The Balaban J connectivity index is 0.000000431. The predicted molar refractivity (Wildman–Crippen MR) is 131 cm³/mol. The number of halogens is 1. The number of hydrogen-bond donors (Lipinski definition) is 2. The highest BCUT2D eigenvalue weighted by molar-refractivity contribution is 7.21. The number of carbonyl (C=O) groups is 1. The van der Waals surface area contributed by atoms with E-state index < -0.39 is 11.7 Å². The molecular weight excluding hydrogens is 421 g/mol. The first-order valence-electron chi connectivity index (χ1n) is 9.11. The molecule has 4 nitrogen and oxygen atoms in total. The van der Waals surface area contributed by atoms with Crippen LogP contribution in [0.3, 0.4) is 0 Å². The van der Waals surface area contributed by atoms with Crippen molar-refractivity contribution in [1.82, 2.24) is 4.98 Å². The van der Waals surface area contributed by atoms with E-state index >= 15 is 0 Å². The number of anilines is 2. The van der Waals surface area contributed by atoms with Crippen LogP contribution in [0.25, 0.3) is 10.2 Å². The molecule has 3 N–H and O–H groups in total. The van der Waals surface area contributed by atoms with Crippen molar-refractivity contribution in [3.63, 3.8) is 0 Å². The number of fused-ring (bicyclic) bond motifs is 1. The van der Waals surface area contributed by atoms with Crippen LogP contribution < -0.4 is 11.1 Å². The first kappa shape index (κ1) is 25.7. The average molecular weight is 444 g/mol. The van der Waals surface area contributed by atoms with Crippen molar-refractivity contribution in [3.05, 3.63) is 113 Å². The van der Waals surface area contributed by atoms with Crippen LogP contribution in [0.2, 0.25) is 0 Å². The molecule has 0 saturated heterocycles. The van der Waals surface area contributed by atoms with Crippen molar-refractivity contribution in [3.8, 4) is 0 Å². The number of thiophene rings is 1. The van der Waals surface area contributed by atoms with Gasteiger partial charge < -0.3 is 11.1 Å². The Morgan fingerprint density at radius 3 is 2.12 bits per heavy atom. The lowest BCUT2D eigenvalue weighted by Crippen LogP contribution is -2.13. The number of aryl methyl sites for hydroxylation is 2. The van der Waals surface area contributed by atoms with E-state index in [9.17, 15) is 9.18 Å². The zero-order valence-electron chi connectivity index (χ0n) is 17.9. The van der Waals surface area contributed by atoms with Gasteiger partial charge in [-0.05, 0) is 75.4 Å². The SMILES string of the molecule is C=C=C=C=C.C=C=C=C=C.Cc1cc(C)c2c(N)c(C(=O)Nc3ccccc3F)sc2n1. The molecule has 0 saturated carbocycles. The zero-order valence-corrected chi connectivity index (χ0v) is 18.8. The van der Waals surface area contributed by atoms with Crippen molar-refractivity contribution in [2.45, 2.75) is 13.8 Å². The maximum Gasteiger partial charge on any atom is 0.268 e. The molecule has 2 heterocycles. The first-order chi connectivity index (χ1) is 15.3. The summed E-state index contributed by atoms with van der Waals surface area (Å²) in [6.07, 6.45) is 0. The van der Waals surface area contributed by atoms with Crippen LogP contribution in [-0.2, 0) is 0 Å². The minimum atomic E-state index is -0.485. The van der Waals surface area contributed by atoms with Gasteiger partial charge in [0.25, 0.3) is 5.91 Å². The van der Waals surface area contributed by atoms with Crippen molar-refractivity contribution < 1.29 is 9.18 Å². The number of hydrogen-bond acceptors (Lipinski definition) is 4. The lowest BCUT2D eigenvalue weighted by Gasteiger charge is -2.05. The molecule has 0 bridgehead atoms. The highest BCUT2D eigenvalue weighted by Crippen LogP contribution is 2.35. The number of nitrogens with one attached hydrogen (secondary N) is 1. The topological polar surface area (TPSA) is 68.0 Å². The summed E-state index contributed by atoms with van der Waals surface area (Å²) in [5, 5.41) is 3.34. The average Bonchev–Trinajstić information content (AvgIpc) is 3.08. The molecule has 3 rings (SSSR count). The Bertz CT molecular complexity index is 1300. The molecule has 0 aliphatic carbocycles. The van der Waals surface area contributed by atoms with Gasteiger partial charge in [0, 0.05) is 11.1 Å². The van der Waals surface area contributed by atoms with Gasteiger partial charge in [-0.15, -0.1) is 11.3 Å². The van der Waals surface area contributed by atoms with Crippen LogP contribution >= 0.6 is 11.3 Å². The van der Waals surface area contributed by atoms with Crippen LogP contribution in [0.1, 0.15) is 20.9 Å². The van der Waals surface area contributed by atoms with Gasteiger partial charge in [0.15, 0.2) is 0 Å². The number of amides is 1. The smallest absolute Gasteiger partial charge is 0.268 e. The molecular formula is C26H22FN3OS. The van der Waals surface area contributed by atoms with Crippen LogP contribution in [0, 0.1) is 19.7 Å². The molecule has 1 amide bonds. The van der Waals surface area contributed by atoms with Gasteiger partial charge in [0.1, 0.15) is 15.5 Å². The van der Waals surface area contributed by atoms with Gasteiger partial charge in [0.05, 0.1) is 11.4 Å². The maximum absolute atomic E-state index is 13.6. The summed E-state index contributed by atoms with van der Waals surface area (Å²) >= 11 is 1.21. The van der Waals surface area contributed by atoms with E-state index in [0.29, 0.717) is 15.4 Å². The number of pyridine rings is 1. The van der Waals surface area contributed by atoms with Gasteiger partial charge in [0.2, 0.25) is 0 Å². The summed E-state index contributed by atoms with van der Waals surface area (Å²) in [4.78, 5) is 17.9. The number of carbonyl (C=O) groups excluding carboxylic acids is 1. The normalized spacial score (nSPS) is 8.47. The fourth-order valence-corrected chi connectivity index (χ4v) is 3.62. The van der Waals surface area contributed by atoms with Gasteiger partial charge in [-0.1, -0.05) is 35.1 Å². The van der Waals surface area contributed by atoms with Crippen molar-refractivity contribution in [1.29, 1.82) is 0 Å². The molecule has 1 aromatic carbocycles. The van der Waals surface area contributed by atoms with Crippen LogP contribution in [0.15, 0.2) is 91.0 Å². The standard InChI is InChI=1S/C16H14FN3OS.2C5H4/c1-8-7-9(2)19-16-12(8)13(18)14(22-16)15(21)20-11-6-4-3-5-10(11)17;2*1-3-5-4-2/h3-7H,18H2,1-2H3,(H,20,21);2*1-2H2. The third-order valence-electron chi connectivity index (χ3n) is 3.71. The Morgan fingerprint density at radius 1 is 1.06 bits per heavy atom. The minimum Gasteiger partial charge on any atom is -0.397 e. The number of nitrogens with two attached hydrogens (primary N) is 1. The number of nitrogens with zero attached hydrogens (tertiary/aromatic N) is 1. The quantitative estimate of drug-likeness (QED) is 0.449. The van der Waals surface area contributed by atoms with Gasteiger partial charge in [-0.3, -0.25) is 4.79 Å². The van der Waals surface area contributed by atoms with E-state index in [0.717, 1.165) is 16.6 Å². The van der Waals surface area contributed by atoms with Crippen molar-refractivity contribution in [2.75, 3.05) is 11.1 Å². The Kier molecular flexibility index (Phi) is 10.5. The Morgan fingerprint density at radius 2 is 1.62 bits per heavy atom. The predicted octanol–water partition coefficient (Wildman–Crippen LogP) is 6.42. The molecule has 0 atom stereocenters. The third-order valence-corrected chi connectivity index (χ3v) is 4.80. The van der Waals surface area contributed by atoms with E-state index in [2.05, 4.69) is 71.0 Å². The molecule has 3 aromatic rings. The van der Waals surface area contributed by atoms with Crippen LogP contribution in [0.4, 0.5) is 15.8 Å². The summed E-state index contributed by atoms with van der Waals surface area (Å²) in [5.41, 5.74) is 22.6. The van der Waals surface area contributed by atoms with E-state index in [1.165, 1.54) is 23.5 Å². The number of aromatic nitrogens is 1. The maximum atomic E-state index is 13.6. The second-order valence-corrected chi connectivity index (χ2v) is 7.00. The number of benzene rings is 1. The lowest BCUT2D eigenvalue weighted by atomic mass is 10.1. The molecule has 0 aliphatic heterocycles. The second kappa shape index (κ2) is 13.1. The van der Waals surface area contributed by atoms with Gasteiger partial charge >= 0.3 is 0 Å². The molecule has 2 aromatic heterocycles. The molecule has 160 valence electrons. The fourth-order valence-electron chi connectivity index (χ4n) is 2.50. The largest absolute Gasteiger partial charge is 0.397 e. The third kappa shape index (κ3) is 7.18. The monoisotopic (exact) mass is 443 g/mol. The highest BCUT2D eigenvalue weighted by Gasteiger charge is 2.19. The fraction of sp³-hybridized carbons (Fsp3) is 0.0769. The number of para-hydroxylation sites is 1. The number of rotatable bonds is 2. The molecule has 0 fully saturated rings. The minimum absolute atomic E-state index is 0.130. The second-order valence-electron chi connectivity index (χ2n) is 6.00. The first-order valence-corrected chi connectivity index (χ1v) is 9.92. The van der Waals surface area contributed by atoms with Gasteiger partial charge in [-0.25, -0.2) is 9.37 Å². The summed E-state index contributed by atoms with van der Waals surface area (Å²) in [6, 6.07) is 7.93. The van der Waals surface area contributed by atoms with E-state index in [4.69, 9.17) is 5.73 Å². The summed E-state index contributed by atoms with van der Waals surface area (Å²) < 4.78 is 13.6. The Hall–Kier alpha value is -4.31. The Labute approximate surface area is 190 Å². The summed E-state index contributed by atoms with van der Waals surface area (Å²) in [5.74, 6) is -0.914. The molecule has 0 unspecified atom stereocenters. The van der Waals surface area contributed by atoms with Crippen molar-refractivity contribution >= 4 is 38.8 Å². The lowest BCUT2D eigenvalue weighted by molar-refractivity contribution is 0.103. The summed E-state index contributed by atoms with van der Waals surface area (Å²) in [6.45, 7) is 16.7. The molecule has 0 radical (unpaired) electrons.